The van der Waals surface area contributed by atoms with Gasteiger partial charge in [-0.1, -0.05) is 66.7 Å². The number of nitrogens with zero attached hydrogens (tertiary/aromatic N) is 1. The zero-order valence-electron chi connectivity index (χ0n) is 29.7. The Balaban J connectivity index is 1.27. The van der Waals surface area contributed by atoms with Crippen molar-refractivity contribution in [2.75, 3.05) is 52.9 Å². The van der Waals surface area contributed by atoms with E-state index in [1.54, 1.807) is 12.1 Å². The molecule has 54 heavy (non-hydrogen) atoms. The molecule has 0 aliphatic carbocycles. The molecule has 3 N–H and O–H groups in total. The Kier molecular flexibility index (Phi) is 10.2. The second kappa shape index (κ2) is 15.6. The minimum atomic E-state index is -1.02. The molecule has 1 aromatic heterocycles. The van der Waals surface area contributed by atoms with Gasteiger partial charge in [-0.05, 0) is 72.1 Å². The highest BCUT2D eigenvalue weighted by atomic mass is 16.5. The minimum absolute atomic E-state index is 0.0283. The molecule has 0 saturated carbocycles. The maximum atomic E-state index is 10.2. The van der Waals surface area contributed by atoms with Crippen LogP contribution in [0.4, 0.5) is 0 Å². The van der Waals surface area contributed by atoms with Crippen molar-refractivity contribution in [2.24, 2.45) is 0 Å². The standard InChI is InChI=1S/C45H41NO8/c47-23-25-50-27-29-52-35-17-9-31(10-18-35)45(32-11-19-36(20-12-32)53-30-28-51-26-24-48)22-21-40-43-42(37-5-1-2-6-38(37)44(40)54-45)39-7-3-4-8-41(39)46(43)33-13-15-34(49)16-14-33/h1-22,47-49H,23-30H2. The van der Waals surface area contributed by atoms with Gasteiger partial charge in [0.15, 0.2) is 5.60 Å². The van der Waals surface area contributed by atoms with Crippen LogP contribution >= 0.6 is 0 Å². The fourth-order valence-corrected chi connectivity index (χ4v) is 7.29. The number of aliphatic hydroxyl groups excluding tert-OH is 2. The average molecular weight is 724 g/mol. The number of hydrogen-bond acceptors (Lipinski definition) is 8. The molecule has 0 bridgehead atoms. The average Bonchev–Trinajstić information content (AvgIpc) is 3.57. The van der Waals surface area contributed by atoms with E-state index in [1.807, 2.05) is 66.7 Å². The monoisotopic (exact) mass is 723 g/mol. The molecule has 1 aliphatic rings. The first kappa shape index (κ1) is 35.2. The van der Waals surface area contributed by atoms with Gasteiger partial charge in [0.1, 0.15) is 36.2 Å². The number of aromatic hydroxyl groups is 1. The predicted molar refractivity (Wildman–Crippen MR) is 210 cm³/mol. The topological polar surface area (TPSA) is 112 Å². The van der Waals surface area contributed by atoms with Crippen LogP contribution in [0.1, 0.15) is 16.7 Å². The van der Waals surface area contributed by atoms with Gasteiger partial charge in [-0.2, -0.15) is 0 Å². The molecule has 0 atom stereocenters. The molecule has 0 saturated heterocycles. The molecule has 274 valence electrons. The van der Waals surface area contributed by atoms with Crippen LogP contribution in [-0.2, 0) is 15.1 Å². The second-order valence-electron chi connectivity index (χ2n) is 13.0. The predicted octanol–water partition coefficient (Wildman–Crippen LogP) is 7.77. The first-order chi connectivity index (χ1) is 26.6. The Hall–Kier alpha value is -5.84. The maximum absolute atomic E-state index is 10.2. The third-order valence-corrected chi connectivity index (χ3v) is 9.70. The van der Waals surface area contributed by atoms with Crippen LogP contribution in [-0.4, -0.2) is 72.7 Å². The van der Waals surface area contributed by atoms with Crippen LogP contribution in [0.25, 0.3) is 44.3 Å². The minimum Gasteiger partial charge on any atom is -0.508 e. The highest BCUT2D eigenvalue weighted by molar-refractivity contribution is 6.25. The number of aliphatic hydroxyl groups is 2. The van der Waals surface area contributed by atoms with Crippen LogP contribution in [0.5, 0.6) is 23.0 Å². The van der Waals surface area contributed by atoms with Crippen molar-refractivity contribution in [2.45, 2.75) is 5.60 Å². The van der Waals surface area contributed by atoms with Gasteiger partial charge in [0.05, 0.1) is 50.7 Å². The van der Waals surface area contributed by atoms with E-state index in [-0.39, 0.29) is 32.2 Å². The zero-order valence-corrected chi connectivity index (χ0v) is 29.7. The van der Waals surface area contributed by atoms with Crippen LogP contribution in [0.15, 0.2) is 127 Å². The van der Waals surface area contributed by atoms with Crippen molar-refractivity contribution in [1.29, 1.82) is 0 Å². The third-order valence-electron chi connectivity index (χ3n) is 9.70. The SMILES string of the molecule is OCCOCCOc1ccc(C2(c3ccc(OCCOCCO)cc3)C=Cc3c(c4ccccc4c4c5ccccc5n(-c5ccc(O)cc5)c34)O2)cc1. The fraction of sp³-hybridized carbons (Fsp3) is 0.200. The summed E-state index contributed by atoms with van der Waals surface area (Å²) in [6.45, 7) is 1.95. The summed E-state index contributed by atoms with van der Waals surface area (Å²) in [5, 5.41) is 32.5. The highest BCUT2D eigenvalue weighted by Crippen LogP contribution is 2.51. The molecule has 0 amide bonds. The molecule has 9 heteroatoms. The summed E-state index contributed by atoms with van der Waals surface area (Å²) in [5.74, 6) is 2.35. The number of fused-ring (bicyclic) bond motifs is 8. The third kappa shape index (κ3) is 6.63. The maximum Gasteiger partial charge on any atom is 0.178 e. The summed E-state index contributed by atoms with van der Waals surface area (Å²) in [6.07, 6.45) is 4.30. The lowest BCUT2D eigenvalue weighted by Crippen LogP contribution is -2.34. The number of ether oxygens (including phenoxy) is 5. The van der Waals surface area contributed by atoms with Crippen molar-refractivity contribution < 1.29 is 39.0 Å². The van der Waals surface area contributed by atoms with E-state index in [0.717, 1.165) is 60.7 Å². The second-order valence-corrected chi connectivity index (χ2v) is 13.0. The first-order valence-electron chi connectivity index (χ1n) is 18.1. The lowest BCUT2D eigenvalue weighted by atomic mass is 9.82. The van der Waals surface area contributed by atoms with Gasteiger partial charge in [-0.15, -0.1) is 0 Å². The summed E-state index contributed by atoms with van der Waals surface area (Å²) >= 11 is 0. The van der Waals surface area contributed by atoms with Crippen molar-refractivity contribution in [1.82, 2.24) is 4.57 Å². The van der Waals surface area contributed by atoms with Crippen LogP contribution < -0.4 is 14.2 Å². The van der Waals surface area contributed by atoms with Gasteiger partial charge in [0.2, 0.25) is 0 Å². The lowest BCUT2D eigenvalue weighted by molar-refractivity contribution is 0.0705. The van der Waals surface area contributed by atoms with Crippen molar-refractivity contribution in [3.8, 4) is 28.7 Å². The molecule has 0 spiro atoms. The largest absolute Gasteiger partial charge is 0.508 e. The Morgan fingerprint density at radius 2 is 1.13 bits per heavy atom. The number of rotatable bonds is 15. The molecule has 6 aromatic carbocycles. The molecular weight excluding hydrogens is 682 g/mol. The number of hydrogen-bond donors (Lipinski definition) is 3. The van der Waals surface area contributed by atoms with E-state index < -0.39 is 5.60 Å². The summed E-state index contributed by atoms with van der Waals surface area (Å²) in [7, 11) is 0. The number of aromatic nitrogens is 1. The van der Waals surface area contributed by atoms with Gasteiger partial charge in [0, 0.05) is 38.5 Å². The van der Waals surface area contributed by atoms with Crippen LogP contribution in [0, 0.1) is 0 Å². The molecule has 1 aliphatic heterocycles. The van der Waals surface area contributed by atoms with E-state index in [4.69, 9.17) is 33.9 Å². The van der Waals surface area contributed by atoms with Gasteiger partial charge in [-0.3, -0.25) is 0 Å². The number of phenols is 1. The number of phenolic OH excluding ortho intramolecular Hbond substituents is 1. The smallest absolute Gasteiger partial charge is 0.178 e. The quantitative estimate of drug-likeness (QED) is 0.0921. The first-order valence-corrected chi connectivity index (χ1v) is 18.1. The summed E-state index contributed by atoms with van der Waals surface area (Å²) < 4.78 is 32.3. The molecule has 7 aromatic rings. The number of benzene rings is 6. The molecule has 0 fully saturated rings. The van der Waals surface area contributed by atoms with E-state index in [1.165, 1.54) is 0 Å². The van der Waals surface area contributed by atoms with Crippen molar-refractivity contribution >= 4 is 38.7 Å². The Bertz CT molecular complexity index is 2340. The van der Waals surface area contributed by atoms with Crippen LogP contribution in [0.3, 0.4) is 0 Å². The van der Waals surface area contributed by atoms with Crippen molar-refractivity contribution in [3.05, 3.63) is 144 Å². The molecular formula is C45H41NO8. The van der Waals surface area contributed by atoms with Gasteiger partial charge < -0.3 is 43.6 Å². The fourth-order valence-electron chi connectivity index (χ4n) is 7.29. The number of para-hydroxylation sites is 1. The Morgan fingerprint density at radius 3 is 1.72 bits per heavy atom. The summed E-state index contributed by atoms with van der Waals surface area (Å²) in [5.41, 5.74) is 4.73. The highest BCUT2D eigenvalue weighted by Gasteiger charge is 2.39. The van der Waals surface area contributed by atoms with E-state index in [2.05, 4.69) is 59.2 Å². The van der Waals surface area contributed by atoms with Gasteiger partial charge in [-0.25, -0.2) is 0 Å². The van der Waals surface area contributed by atoms with E-state index >= 15 is 0 Å². The Morgan fingerprint density at radius 1 is 0.574 bits per heavy atom. The molecule has 9 nitrogen and oxygen atoms in total. The van der Waals surface area contributed by atoms with E-state index in [9.17, 15) is 5.11 Å². The van der Waals surface area contributed by atoms with E-state index in [0.29, 0.717) is 37.9 Å². The van der Waals surface area contributed by atoms with Gasteiger partial charge >= 0.3 is 0 Å². The normalized spacial score (nSPS) is 13.3. The molecule has 0 radical (unpaired) electrons. The molecule has 0 unspecified atom stereocenters. The summed E-state index contributed by atoms with van der Waals surface area (Å²) in [6, 6.07) is 39.9. The van der Waals surface area contributed by atoms with Crippen LogP contribution in [0.2, 0.25) is 0 Å². The summed E-state index contributed by atoms with van der Waals surface area (Å²) in [4.78, 5) is 0. The molecule has 2 heterocycles. The zero-order chi connectivity index (χ0) is 36.9. The van der Waals surface area contributed by atoms with Gasteiger partial charge in [0.25, 0.3) is 0 Å². The molecule has 8 rings (SSSR count). The Labute approximate surface area is 312 Å². The van der Waals surface area contributed by atoms with Crippen molar-refractivity contribution in [3.63, 3.8) is 0 Å². The lowest BCUT2D eigenvalue weighted by Gasteiger charge is -2.37.